The maximum Gasteiger partial charge on any atom is 0.189 e. The van der Waals surface area contributed by atoms with Crippen molar-refractivity contribution in [2.24, 2.45) is 10.7 Å². The lowest BCUT2D eigenvalue weighted by molar-refractivity contribution is -0.0910. The van der Waals surface area contributed by atoms with E-state index in [0.717, 1.165) is 32.3 Å². The van der Waals surface area contributed by atoms with E-state index in [4.69, 9.17) is 10.5 Å². The van der Waals surface area contributed by atoms with Crippen LogP contribution in [-0.4, -0.2) is 30.3 Å². The molecule has 1 saturated carbocycles. The molecule has 3 N–H and O–H groups in total. The van der Waals surface area contributed by atoms with Crippen molar-refractivity contribution in [1.82, 2.24) is 5.32 Å². The highest BCUT2D eigenvalue weighted by Gasteiger charge is 2.34. The molecule has 1 atom stereocenters. The van der Waals surface area contributed by atoms with E-state index in [0.29, 0.717) is 18.0 Å². The fourth-order valence-corrected chi connectivity index (χ4v) is 3.55. The highest BCUT2D eigenvalue weighted by Crippen LogP contribution is 2.31. The van der Waals surface area contributed by atoms with Crippen molar-refractivity contribution >= 4 is 5.96 Å². The van der Waals surface area contributed by atoms with Crippen LogP contribution in [0.5, 0.6) is 0 Å². The molecule has 116 valence electrons. The summed E-state index contributed by atoms with van der Waals surface area (Å²) in [5.41, 5.74) is 6.15. The van der Waals surface area contributed by atoms with E-state index in [1.807, 2.05) is 0 Å². The summed E-state index contributed by atoms with van der Waals surface area (Å²) in [4.78, 5) is 4.67. The second-order valence-electron chi connectivity index (χ2n) is 6.38. The molecule has 1 saturated heterocycles. The number of aliphatic imine (C=N–C) groups is 1. The summed E-state index contributed by atoms with van der Waals surface area (Å²) in [6, 6.07) is 0.856. The Labute approximate surface area is 123 Å². The first-order chi connectivity index (χ1) is 9.67. The molecule has 20 heavy (non-hydrogen) atoms. The molecule has 1 heterocycles. The summed E-state index contributed by atoms with van der Waals surface area (Å²) >= 11 is 0. The quantitative estimate of drug-likeness (QED) is 0.615. The van der Waals surface area contributed by atoms with Crippen molar-refractivity contribution in [1.29, 1.82) is 0 Å². The van der Waals surface area contributed by atoms with Gasteiger partial charge in [0.1, 0.15) is 0 Å². The summed E-state index contributed by atoms with van der Waals surface area (Å²) in [5.74, 6) is 0.643. The van der Waals surface area contributed by atoms with Gasteiger partial charge in [0, 0.05) is 12.6 Å². The first-order valence-corrected chi connectivity index (χ1v) is 8.41. The summed E-state index contributed by atoms with van der Waals surface area (Å²) in [6.07, 6.45) is 10.6. The summed E-state index contributed by atoms with van der Waals surface area (Å²) in [7, 11) is 0. The van der Waals surface area contributed by atoms with Gasteiger partial charge in [-0.25, -0.2) is 0 Å². The maximum absolute atomic E-state index is 6.10. The Morgan fingerprint density at radius 3 is 2.55 bits per heavy atom. The second-order valence-corrected chi connectivity index (χ2v) is 6.38. The third-order valence-electron chi connectivity index (χ3n) is 5.03. The fraction of sp³-hybridized carbons (Fsp3) is 0.938. The Kier molecular flexibility index (Phi) is 5.70. The van der Waals surface area contributed by atoms with Gasteiger partial charge in [-0.1, -0.05) is 33.1 Å². The number of hydrogen-bond acceptors (Lipinski definition) is 2. The molecule has 2 fully saturated rings. The molecule has 0 amide bonds. The summed E-state index contributed by atoms with van der Waals surface area (Å²) in [6.45, 7) is 5.26. The third kappa shape index (κ3) is 4.11. The Morgan fingerprint density at radius 2 is 1.90 bits per heavy atom. The molecule has 0 aromatic carbocycles. The largest absolute Gasteiger partial charge is 0.375 e. The Morgan fingerprint density at radius 1 is 1.20 bits per heavy atom. The number of nitrogens with one attached hydrogen (secondary N) is 1. The van der Waals surface area contributed by atoms with Gasteiger partial charge in [0.05, 0.1) is 11.6 Å². The fourth-order valence-electron chi connectivity index (χ4n) is 3.55. The van der Waals surface area contributed by atoms with Crippen LogP contribution >= 0.6 is 0 Å². The van der Waals surface area contributed by atoms with E-state index in [9.17, 15) is 0 Å². The van der Waals surface area contributed by atoms with Gasteiger partial charge in [0.2, 0.25) is 0 Å². The molecule has 0 aromatic heterocycles. The zero-order valence-corrected chi connectivity index (χ0v) is 13.2. The van der Waals surface area contributed by atoms with E-state index in [2.05, 4.69) is 24.2 Å². The van der Waals surface area contributed by atoms with Gasteiger partial charge in [-0.05, 0) is 38.5 Å². The van der Waals surface area contributed by atoms with Crippen LogP contribution in [0.4, 0.5) is 0 Å². The average Bonchev–Trinajstić information content (AvgIpc) is 2.48. The maximum atomic E-state index is 6.10. The molecule has 2 aliphatic rings. The predicted octanol–water partition coefficient (Wildman–Crippen LogP) is 2.96. The monoisotopic (exact) mass is 281 g/mol. The van der Waals surface area contributed by atoms with E-state index >= 15 is 0 Å². The summed E-state index contributed by atoms with van der Waals surface area (Å²) < 4.78 is 6.00. The van der Waals surface area contributed by atoms with Crippen molar-refractivity contribution in [3.8, 4) is 0 Å². The molecular weight excluding hydrogens is 250 g/mol. The second kappa shape index (κ2) is 7.30. The lowest BCUT2D eigenvalue weighted by atomic mass is 9.86. The normalized spacial score (nSPS) is 28.3. The lowest BCUT2D eigenvalue weighted by Crippen LogP contribution is -2.50. The van der Waals surface area contributed by atoms with Crippen molar-refractivity contribution in [2.75, 3.05) is 6.61 Å². The Bertz CT molecular complexity index is 320. The molecule has 1 aliphatic carbocycles. The minimum absolute atomic E-state index is 0.0427. The molecule has 0 spiro atoms. The van der Waals surface area contributed by atoms with Crippen molar-refractivity contribution in [2.45, 2.75) is 89.3 Å². The van der Waals surface area contributed by atoms with E-state index in [-0.39, 0.29) is 5.60 Å². The molecular formula is C16H31N3O. The van der Waals surface area contributed by atoms with Crippen molar-refractivity contribution in [3.63, 3.8) is 0 Å². The average molecular weight is 281 g/mol. The van der Waals surface area contributed by atoms with Gasteiger partial charge in [-0.3, -0.25) is 4.99 Å². The predicted molar refractivity (Wildman–Crippen MR) is 83.9 cm³/mol. The van der Waals surface area contributed by atoms with Gasteiger partial charge in [0.15, 0.2) is 5.96 Å². The highest BCUT2D eigenvalue weighted by molar-refractivity contribution is 5.78. The van der Waals surface area contributed by atoms with Crippen LogP contribution in [0.25, 0.3) is 0 Å². The number of nitrogens with zero attached hydrogens (tertiary/aromatic N) is 1. The van der Waals surface area contributed by atoms with Crippen LogP contribution in [0.3, 0.4) is 0 Å². The van der Waals surface area contributed by atoms with Gasteiger partial charge >= 0.3 is 0 Å². The summed E-state index contributed by atoms with van der Waals surface area (Å²) in [5, 5.41) is 3.44. The van der Waals surface area contributed by atoms with Crippen LogP contribution in [-0.2, 0) is 4.74 Å². The molecule has 0 radical (unpaired) electrons. The minimum Gasteiger partial charge on any atom is -0.375 e. The Hall–Kier alpha value is -0.770. The zero-order valence-electron chi connectivity index (χ0n) is 13.2. The van der Waals surface area contributed by atoms with Crippen molar-refractivity contribution < 1.29 is 4.74 Å². The molecule has 4 heteroatoms. The first kappa shape index (κ1) is 15.6. The van der Waals surface area contributed by atoms with Gasteiger partial charge in [-0.2, -0.15) is 0 Å². The standard InChI is InChI=1S/C16H31N3O/c1-3-16(4-2)12-14(10-11-20-16)19-15(17)18-13-8-6-5-7-9-13/h13-14H,3-12H2,1-2H3,(H3,17,18,19). The lowest BCUT2D eigenvalue weighted by Gasteiger charge is -2.40. The van der Waals surface area contributed by atoms with Crippen LogP contribution in [0.15, 0.2) is 4.99 Å². The SMILES string of the molecule is CCC1(CC)CC(NC(N)=NC2CCCCC2)CCO1. The van der Waals surface area contributed by atoms with E-state index in [1.165, 1.54) is 32.1 Å². The van der Waals surface area contributed by atoms with Crippen LogP contribution in [0.2, 0.25) is 0 Å². The Balaban J connectivity index is 1.86. The van der Waals surface area contributed by atoms with Gasteiger partial charge in [-0.15, -0.1) is 0 Å². The minimum atomic E-state index is 0.0427. The number of ether oxygens (including phenoxy) is 1. The number of nitrogens with two attached hydrogens (primary N) is 1. The number of hydrogen-bond donors (Lipinski definition) is 2. The topological polar surface area (TPSA) is 59.6 Å². The van der Waals surface area contributed by atoms with E-state index in [1.54, 1.807) is 0 Å². The molecule has 4 nitrogen and oxygen atoms in total. The molecule has 2 rings (SSSR count). The zero-order chi connectivity index (χ0) is 14.4. The van der Waals surface area contributed by atoms with E-state index < -0.39 is 0 Å². The highest BCUT2D eigenvalue weighted by atomic mass is 16.5. The van der Waals surface area contributed by atoms with Crippen LogP contribution in [0, 0.1) is 0 Å². The first-order valence-electron chi connectivity index (χ1n) is 8.41. The van der Waals surface area contributed by atoms with Crippen molar-refractivity contribution in [3.05, 3.63) is 0 Å². The molecule has 0 aromatic rings. The van der Waals surface area contributed by atoms with Crippen LogP contribution in [0.1, 0.15) is 71.6 Å². The molecule has 1 aliphatic heterocycles. The van der Waals surface area contributed by atoms with Gasteiger partial charge in [0.25, 0.3) is 0 Å². The third-order valence-corrected chi connectivity index (χ3v) is 5.03. The number of guanidine groups is 1. The smallest absolute Gasteiger partial charge is 0.189 e. The molecule has 0 bridgehead atoms. The van der Waals surface area contributed by atoms with Gasteiger partial charge < -0.3 is 15.8 Å². The van der Waals surface area contributed by atoms with Crippen LogP contribution < -0.4 is 11.1 Å². The molecule has 1 unspecified atom stereocenters. The number of rotatable bonds is 4.